The average molecular weight is 241 g/mol. The summed E-state index contributed by atoms with van der Waals surface area (Å²) in [6.45, 7) is 5.58. The molecule has 1 fully saturated rings. The van der Waals surface area contributed by atoms with Gasteiger partial charge in [0.1, 0.15) is 6.61 Å². The van der Waals surface area contributed by atoms with Gasteiger partial charge < -0.3 is 9.64 Å². The molecule has 0 aromatic rings. The minimum absolute atomic E-state index is 0.121. The number of hydrogen-bond donors (Lipinski definition) is 0. The van der Waals surface area contributed by atoms with E-state index in [1.165, 1.54) is 6.92 Å². The SMILES string of the molecule is CC(=O)OCC1=C(C)N2C(=O)C(C)C2SC1. The van der Waals surface area contributed by atoms with E-state index in [2.05, 4.69) is 0 Å². The highest BCUT2D eigenvalue weighted by molar-refractivity contribution is 8.00. The second-order valence-corrected chi connectivity index (χ2v) is 5.27. The van der Waals surface area contributed by atoms with Crippen molar-refractivity contribution in [1.82, 2.24) is 4.90 Å². The van der Waals surface area contributed by atoms with Crippen LogP contribution in [0.3, 0.4) is 0 Å². The van der Waals surface area contributed by atoms with Gasteiger partial charge in [-0.1, -0.05) is 6.92 Å². The highest BCUT2D eigenvalue weighted by Crippen LogP contribution is 2.43. The van der Waals surface area contributed by atoms with Gasteiger partial charge in [-0.05, 0) is 12.5 Å². The van der Waals surface area contributed by atoms with Crippen LogP contribution in [0, 0.1) is 5.92 Å². The number of hydrogen-bond acceptors (Lipinski definition) is 4. The number of nitrogens with zero attached hydrogens (tertiary/aromatic N) is 1. The van der Waals surface area contributed by atoms with Crippen LogP contribution in [-0.2, 0) is 14.3 Å². The molecule has 0 spiro atoms. The van der Waals surface area contributed by atoms with Crippen LogP contribution in [-0.4, -0.2) is 34.5 Å². The number of amides is 1. The number of thioether (sulfide) groups is 1. The third-order valence-electron chi connectivity index (χ3n) is 3.06. The third-order valence-corrected chi connectivity index (χ3v) is 4.54. The number of carbonyl (C=O) groups is 2. The molecule has 4 nitrogen and oxygen atoms in total. The van der Waals surface area contributed by atoms with E-state index in [-0.39, 0.29) is 23.2 Å². The van der Waals surface area contributed by atoms with Gasteiger partial charge in [-0.2, -0.15) is 0 Å². The fourth-order valence-electron chi connectivity index (χ4n) is 1.98. The number of allylic oxidation sites excluding steroid dienone is 1. The quantitative estimate of drug-likeness (QED) is 0.541. The summed E-state index contributed by atoms with van der Waals surface area (Å²) >= 11 is 1.74. The number of carbonyl (C=O) groups excluding carboxylic acids is 2. The first-order chi connectivity index (χ1) is 7.52. The number of β-lactam (4-membered cyclic amide) rings is 1. The molecule has 2 aliphatic rings. The zero-order valence-electron chi connectivity index (χ0n) is 9.65. The molecule has 2 aliphatic heterocycles. The van der Waals surface area contributed by atoms with Crippen molar-refractivity contribution in [1.29, 1.82) is 0 Å². The number of esters is 1. The van der Waals surface area contributed by atoms with Crippen molar-refractivity contribution in [3.05, 3.63) is 11.3 Å². The molecule has 1 amide bonds. The summed E-state index contributed by atoms with van der Waals surface area (Å²) in [4.78, 5) is 24.2. The van der Waals surface area contributed by atoms with E-state index in [4.69, 9.17) is 4.74 Å². The minimum Gasteiger partial charge on any atom is -0.461 e. The number of fused-ring (bicyclic) bond motifs is 1. The van der Waals surface area contributed by atoms with Gasteiger partial charge in [-0.25, -0.2) is 0 Å². The maximum Gasteiger partial charge on any atom is 0.302 e. The van der Waals surface area contributed by atoms with Crippen molar-refractivity contribution < 1.29 is 14.3 Å². The lowest BCUT2D eigenvalue weighted by molar-refractivity contribution is -0.145. The fourth-order valence-corrected chi connectivity index (χ4v) is 3.46. The summed E-state index contributed by atoms with van der Waals surface area (Å²) in [7, 11) is 0. The summed E-state index contributed by atoms with van der Waals surface area (Å²) in [5.74, 6) is 0.860. The van der Waals surface area contributed by atoms with Crippen molar-refractivity contribution in [3.63, 3.8) is 0 Å². The average Bonchev–Trinajstić information content (AvgIpc) is 2.25. The summed E-state index contributed by atoms with van der Waals surface area (Å²) in [5, 5.41) is 0.286. The molecule has 16 heavy (non-hydrogen) atoms. The molecule has 1 saturated heterocycles. The van der Waals surface area contributed by atoms with Gasteiger partial charge in [-0.3, -0.25) is 9.59 Å². The van der Waals surface area contributed by atoms with Crippen LogP contribution in [0.25, 0.3) is 0 Å². The van der Waals surface area contributed by atoms with E-state index in [0.29, 0.717) is 6.61 Å². The second kappa shape index (κ2) is 4.13. The van der Waals surface area contributed by atoms with Crippen molar-refractivity contribution in [2.45, 2.75) is 26.1 Å². The Bertz CT molecular complexity index is 377. The summed E-state index contributed by atoms with van der Waals surface area (Å²) < 4.78 is 4.97. The van der Waals surface area contributed by atoms with Gasteiger partial charge in [-0.15, -0.1) is 11.8 Å². The Morgan fingerprint density at radius 1 is 1.62 bits per heavy atom. The first-order valence-electron chi connectivity index (χ1n) is 5.29. The second-order valence-electron chi connectivity index (χ2n) is 4.17. The normalized spacial score (nSPS) is 28.7. The molecule has 0 saturated carbocycles. The van der Waals surface area contributed by atoms with E-state index in [9.17, 15) is 9.59 Å². The van der Waals surface area contributed by atoms with Crippen molar-refractivity contribution in [3.8, 4) is 0 Å². The molecule has 2 heterocycles. The highest BCUT2D eigenvalue weighted by atomic mass is 32.2. The highest BCUT2D eigenvalue weighted by Gasteiger charge is 2.47. The predicted octanol–water partition coefficient (Wildman–Crippen LogP) is 1.37. The van der Waals surface area contributed by atoms with Crippen LogP contribution < -0.4 is 0 Å². The topological polar surface area (TPSA) is 46.6 Å². The van der Waals surface area contributed by atoms with E-state index in [1.807, 2.05) is 18.7 Å². The van der Waals surface area contributed by atoms with E-state index < -0.39 is 0 Å². The van der Waals surface area contributed by atoms with Crippen LogP contribution in [0.4, 0.5) is 0 Å². The molecule has 88 valence electrons. The largest absolute Gasteiger partial charge is 0.461 e. The molecule has 0 aliphatic carbocycles. The predicted molar refractivity (Wildman–Crippen MR) is 61.6 cm³/mol. The monoisotopic (exact) mass is 241 g/mol. The lowest BCUT2D eigenvalue weighted by Gasteiger charge is -2.49. The van der Waals surface area contributed by atoms with Gasteiger partial charge in [0.15, 0.2) is 0 Å². The molecule has 2 atom stereocenters. The van der Waals surface area contributed by atoms with Crippen LogP contribution in [0.1, 0.15) is 20.8 Å². The Balaban J connectivity index is 2.09. The lowest BCUT2D eigenvalue weighted by Crippen LogP contribution is -2.58. The molecular formula is C11H15NO3S. The maximum absolute atomic E-state index is 11.7. The maximum atomic E-state index is 11.7. The first kappa shape index (κ1) is 11.5. The van der Waals surface area contributed by atoms with E-state index in [1.54, 1.807) is 11.8 Å². The molecular weight excluding hydrogens is 226 g/mol. The van der Waals surface area contributed by atoms with Gasteiger partial charge in [0.05, 0.1) is 11.3 Å². The molecule has 0 aromatic heterocycles. The molecule has 2 unspecified atom stereocenters. The lowest BCUT2D eigenvalue weighted by atomic mass is 9.98. The smallest absolute Gasteiger partial charge is 0.302 e. The van der Waals surface area contributed by atoms with Crippen molar-refractivity contribution >= 4 is 23.6 Å². The number of rotatable bonds is 2. The van der Waals surface area contributed by atoms with E-state index >= 15 is 0 Å². The molecule has 2 rings (SSSR count). The molecule has 0 aromatic carbocycles. The van der Waals surface area contributed by atoms with Crippen molar-refractivity contribution in [2.24, 2.45) is 5.92 Å². The first-order valence-corrected chi connectivity index (χ1v) is 6.34. The zero-order valence-corrected chi connectivity index (χ0v) is 10.5. The Labute approximate surface area is 99.0 Å². The Kier molecular flexibility index (Phi) is 2.97. The van der Waals surface area contributed by atoms with Gasteiger partial charge >= 0.3 is 5.97 Å². The van der Waals surface area contributed by atoms with Crippen LogP contribution in [0.2, 0.25) is 0 Å². The summed E-state index contributed by atoms with van der Waals surface area (Å²) in [6, 6.07) is 0. The zero-order chi connectivity index (χ0) is 11.9. The Morgan fingerprint density at radius 2 is 2.31 bits per heavy atom. The summed E-state index contributed by atoms with van der Waals surface area (Å²) in [5.41, 5.74) is 2.00. The van der Waals surface area contributed by atoms with Crippen LogP contribution in [0.15, 0.2) is 11.3 Å². The van der Waals surface area contributed by atoms with Gasteiger partial charge in [0, 0.05) is 18.4 Å². The van der Waals surface area contributed by atoms with Crippen LogP contribution in [0.5, 0.6) is 0 Å². The summed E-state index contributed by atoms with van der Waals surface area (Å²) in [6.07, 6.45) is 0. The Hall–Kier alpha value is -0.970. The molecule has 5 heteroatoms. The van der Waals surface area contributed by atoms with Crippen LogP contribution >= 0.6 is 11.8 Å². The standard InChI is InChI=1S/C11H15NO3S/c1-6-10(14)12-7(2)9(4-15-8(3)13)5-16-11(6)12/h6,11H,4-5H2,1-3H3. The molecule has 0 N–H and O–H groups in total. The molecule has 0 radical (unpaired) electrons. The van der Waals surface area contributed by atoms with E-state index in [0.717, 1.165) is 17.0 Å². The minimum atomic E-state index is -0.282. The number of ether oxygens (including phenoxy) is 1. The van der Waals surface area contributed by atoms with Crippen molar-refractivity contribution in [2.75, 3.05) is 12.4 Å². The van der Waals surface area contributed by atoms with Gasteiger partial charge in [0.2, 0.25) is 5.91 Å². The fraction of sp³-hybridized carbons (Fsp3) is 0.636. The molecule has 0 bridgehead atoms. The Morgan fingerprint density at radius 3 is 2.94 bits per heavy atom. The third kappa shape index (κ3) is 1.73. The van der Waals surface area contributed by atoms with Gasteiger partial charge in [0.25, 0.3) is 0 Å².